The SMILES string of the molecule is Cc1cc(I)cnc1NS(C)(=O)=O. The number of hydrogen-bond donors (Lipinski definition) is 1. The smallest absolute Gasteiger partial charge is 0.230 e. The van der Waals surface area contributed by atoms with E-state index in [1.165, 1.54) is 0 Å². The van der Waals surface area contributed by atoms with Crippen LogP contribution in [0.4, 0.5) is 5.82 Å². The maximum atomic E-state index is 10.9. The molecule has 0 fully saturated rings. The first kappa shape index (κ1) is 10.7. The maximum absolute atomic E-state index is 10.9. The number of anilines is 1. The number of nitrogens with one attached hydrogen (secondary N) is 1. The van der Waals surface area contributed by atoms with Gasteiger partial charge in [-0.3, -0.25) is 4.72 Å². The Morgan fingerprint density at radius 1 is 1.54 bits per heavy atom. The van der Waals surface area contributed by atoms with Crippen molar-refractivity contribution in [3.05, 3.63) is 21.4 Å². The Morgan fingerprint density at radius 2 is 2.15 bits per heavy atom. The van der Waals surface area contributed by atoms with E-state index in [2.05, 4.69) is 32.3 Å². The van der Waals surface area contributed by atoms with Crippen molar-refractivity contribution in [1.82, 2.24) is 4.98 Å². The zero-order chi connectivity index (χ0) is 10.1. The molecule has 1 aromatic heterocycles. The number of sulfonamides is 1. The van der Waals surface area contributed by atoms with E-state index in [0.717, 1.165) is 15.4 Å². The van der Waals surface area contributed by atoms with Crippen molar-refractivity contribution in [2.45, 2.75) is 6.92 Å². The molecule has 6 heteroatoms. The molecule has 1 aromatic rings. The summed E-state index contributed by atoms with van der Waals surface area (Å²) in [6.45, 7) is 1.81. The summed E-state index contributed by atoms with van der Waals surface area (Å²) in [5.74, 6) is 0.392. The van der Waals surface area contributed by atoms with E-state index < -0.39 is 10.0 Å². The number of rotatable bonds is 2. The molecule has 0 aliphatic heterocycles. The van der Waals surface area contributed by atoms with Crippen LogP contribution in [0.5, 0.6) is 0 Å². The van der Waals surface area contributed by atoms with Crippen LogP contribution in [0, 0.1) is 10.5 Å². The third-order valence-electron chi connectivity index (χ3n) is 1.33. The molecule has 0 aliphatic rings. The number of hydrogen-bond acceptors (Lipinski definition) is 3. The normalized spacial score (nSPS) is 11.3. The molecule has 0 saturated heterocycles. The minimum absolute atomic E-state index is 0.392. The highest BCUT2D eigenvalue weighted by molar-refractivity contribution is 14.1. The van der Waals surface area contributed by atoms with Crippen LogP contribution in [0.2, 0.25) is 0 Å². The van der Waals surface area contributed by atoms with Gasteiger partial charge in [0.1, 0.15) is 5.82 Å². The zero-order valence-corrected chi connectivity index (χ0v) is 10.2. The predicted molar refractivity (Wildman–Crippen MR) is 60.2 cm³/mol. The van der Waals surface area contributed by atoms with Crippen LogP contribution in [0.1, 0.15) is 5.56 Å². The summed E-state index contributed by atoms with van der Waals surface area (Å²) in [5.41, 5.74) is 0.817. The molecule has 1 heterocycles. The molecule has 1 rings (SSSR count). The average molecular weight is 312 g/mol. The Morgan fingerprint density at radius 3 is 2.62 bits per heavy atom. The molecular formula is C7H9IN2O2S. The standard InChI is InChI=1S/C7H9IN2O2S/c1-5-3-6(8)4-9-7(5)10-13(2,11)12/h3-4H,1-2H3,(H,9,10). The largest absolute Gasteiger partial charge is 0.267 e. The number of halogens is 1. The van der Waals surface area contributed by atoms with E-state index in [4.69, 9.17) is 0 Å². The molecule has 1 N–H and O–H groups in total. The molecule has 0 spiro atoms. The van der Waals surface area contributed by atoms with Gasteiger partial charge in [0.15, 0.2) is 0 Å². The van der Waals surface area contributed by atoms with Crippen LogP contribution in [0.3, 0.4) is 0 Å². The first-order valence-corrected chi connectivity index (χ1v) is 6.45. The molecule has 0 aromatic carbocycles. The van der Waals surface area contributed by atoms with Gasteiger partial charge in [-0.05, 0) is 41.1 Å². The summed E-state index contributed by atoms with van der Waals surface area (Å²) < 4.78 is 25.1. The molecule has 72 valence electrons. The second-order valence-corrected chi connectivity index (χ2v) is 5.69. The number of pyridine rings is 1. The summed E-state index contributed by atoms with van der Waals surface area (Å²) in [6.07, 6.45) is 2.72. The van der Waals surface area contributed by atoms with Gasteiger partial charge in [0.2, 0.25) is 10.0 Å². The first-order valence-electron chi connectivity index (χ1n) is 3.48. The maximum Gasteiger partial charge on any atom is 0.230 e. The molecular weight excluding hydrogens is 303 g/mol. The molecule has 0 saturated carbocycles. The summed E-state index contributed by atoms with van der Waals surface area (Å²) in [6, 6.07) is 1.86. The highest BCUT2D eigenvalue weighted by Crippen LogP contribution is 2.14. The molecule has 0 atom stereocenters. The fourth-order valence-electron chi connectivity index (χ4n) is 0.823. The van der Waals surface area contributed by atoms with E-state index in [9.17, 15) is 8.42 Å². The highest BCUT2D eigenvalue weighted by Gasteiger charge is 2.05. The molecule has 0 bridgehead atoms. The van der Waals surface area contributed by atoms with Gasteiger partial charge in [-0.1, -0.05) is 0 Å². The van der Waals surface area contributed by atoms with Gasteiger partial charge < -0.3 is 0 Å². The molecule has 4 nitrogen and oxygen atoms in total. The van der Waals surface area contributed by atoms with Crippen molar-refractivity contribution >= 4 is 38.4 Å². The lowest BCUT2D eigenvalue weighted by molar-refractivity contribution is 0.606. The van der Waals surface area contributed by atoms with E-state index in [1.54, 1.807) is 6.20 Å². The molecule has 0 radical (unpaired) electrons. The Labute approximate surface area is 91.0 Å². The fourth-order valence-corrected chi connectivity index (χ4v) is 1.99. The number of aromatic nitrogens is 1. The zero-order valence-electron chi connectivity index (χ0n) is 7.20. The van der Waals surface area contributed by atoms with Crippen LogP contribution in [0.25, 0.3) is 0 Å². The van der Waals surface area contributed by atoms with Gasteiger partial charge in [-0.25, -0.2) is 13.4 Å². The van der Waals surface area contributed by atoms with Crippen LogP contribution in [-0.4, -0.2) is 19.7 Å². The lowest BCUT2D eigenvalue weighted by Gasteiger charge is -2.05. The Kier molecular flexibility index (Phi) is 3.12. The van der Waals surface area contributed by atoms with E-state index in [0.29, 0.717) is 5.82 Å². The quantitative estimate of drug-likeness (QED) is 0.839. The van der Waals surface area contributed by atoms with Crippen molar-refractivity contribution in [2.24, 2.45) is 0 Å². The van der Waals surface area contributed by atoms with Gasteiger partial charge in [0.25, 0.3) is 0 Å². The topological polar surface area (TPSA) is 59.1 Å². The van der Waals surface area contributed by atoms with Crippen molar-refractivity contribution in [2.75, 3.05) is 11.0 Å². The Bertz CT molecular complexity index is 417. The Balaban J connectivity index is 3.04. The Hall–Kier alpha value is -0.370. The van der Waals surface area contributed by atoms with Crippen molar-refractivity contribution in [1.29, 1.82) is 0 Å². The first-order chi connectivity index (χ1) is 5.88. The van der Waals surface area contributed by atoms with E-state index >= 15 is 0 Å². The second kappa shape index (κ2) is 3.79. The molecule has 0 aliphatic carbocycles. The van der Waals surface area contributed by atoms with Crippen LogP contribution in [0.15, 0.2) is 12.3 Å². The minimum atomic E-state index is -3.23. The summed E-state index contributed by atoms with van der Waals surface area (Å²) in [5, 5.41) is 0. The predicted octanol–water partition coefficient (Wildman–Crippen LogP) is 1.37. The van der Waals surface area contributed by atoms with E-state index in [-0.39, 0.29) is 0 Å². The lowest BCUT2D eigenvalue weighted by Crippen LogP contribution is -2.11. The number of nitrogens with zero attached hydrogens (tertiary/aromatic N) is 1. The third kappa shape index (κ3) is 3.47. The summed E-state index contributed by atoms with van der Waals surface area (Å²) in [4.78, 5) is 3.97. The van der Waals surface area contributed by atoms with Crippen LogP contribution in [-0.2, 0) is 10.0 Å². The summed E-state index contributed by atoms with van der Waals surface area (Å²) in [7, 11) is -3.23. The van der Waals surface area contributed by atoms with Gasteiger partial charge in [0.05, 0.1) is 6.26 Å². The minimum Gasteiger partial charge on any atom is -0.267 e. The van der Waals surface area contributed by atoms with Crippen LogP contribution >= 0.6 is 22.6 Å². The van der Waals surface area contributed by atoms with Gasteiger partial charge in [-0.15, -0.1) is 0 Å². The second-order valence-electron chi connectivity index (χ2n) is 2.69. The van der Waals surface area contributed by atoms with Crippen molar-refractivity contribution in [3.63, 3.8) is 0 Å². The average Bonchev–Trinajstić information content (AvgIpc) is 1.93. The molecule has 13 heavy (non-hydrogen) atoms. The van der Waals surface area contributed by atoms with Crippen LogP contribution < -0.4 is 4.72 Å². The highest BCUT2D eigenvalue weighted by atomic mass is 127. The monoisotopic (exact) mass is 312 g/mol. The molecule has 0 amide bonds. The van der Waals surface area contributed by atoms with Crippen molar-refractivity contribution < 1.29 is 8.42 Å². The van der Waals surface area contributed by atoms with E-state index in [1.807, 2.05) is 13.0 Å². The van der Waals surface area contributed by atoms with Gasteiger partial charge in [0, 0.05) is 9.77 Å². The number of aryl methyl sites for hydroxylation is 1. The summed E-state index contributed by atoms with van der Waals surface area (Å²) >= 11 is 2.12. The van der Waals surface area contributed by atoms with Gasteiger partial charge >= 0.3 is 0 Å². The van der Waals surface area contributed by atoms with Crippen molar-refractivity contribution in [3.8, 4) is 0 Å². The fraction of sp³-hybridized carbons (Fsp3) is 0.286. The molecule has 0 unspecified atom stereocenters. The lowest BCUT2D eigenvalue weighted by atomic mass is 10.3. The third-order valence-corrected chi connectivity index (χ3v) is 2.48. The van der Waals surface area contributed by atoms with Gasteiger partial charge in [-0.2, -0.15) is 0 Å².